The van der Waals surface area contributed by atoms with Crippen LogP contribution in [0, 0.1) is 13.8 Å². The van der Waals surface area contributed by atoms with Crippen molar-refractivity contribution >= 4 is 34.2 Å². The maximum atomic E-state index is 13.7. The zero-order valence-corrected chi connectivity index (χ0v) is 18.0. The zero-order chi connectivity index (χ0) is 21.2. The lowest BCUT2D eigenvalue weighted by Crippen LogP contribution is -2.30. The maximum Gasteiger partial charge on any atom is 0.277 e. The third-order valence-corrected chi connectivity index (χ3v) is 6.05. The van der Waals surface area contributed by atoms with Crippen molar-refractivity contribution in [1.29, 1.82) is 0 Å². The number of halogens is 1. The standard InChI is InChI=1S/C22H21ClN6O/c1-5-28-13(3)24-19-20(14-6-8-15(23)9-7-14)29(22(30)21(19)28)16-10-12(2)18-17(11-16)27(4)26-25-18/h6-11,20H,5H2,1-4H3. The molecule has 30 heavy (non-hydrogen) atoms. The Labute approximate surface area is 178 Å². The number of rotatable bonds is 3. The fraction of sp³-hybridized carbons (Fsp3) is 0.273. The summed E-state index contributed by atoms with van der Waals surface area (Å²) in [6.07, 6.45) is 0. The van der Waals surface area contributed by atoms with E-state index in [9.17, 15) is 4.79 Å². The van der Waals surface area contributed by atoms with Crippen molar-refractivity contribution in [1.82, 2.24) is 24.5 Å². The van der Waals surface area contributed by atoms with Gasteiger partial charge in [0.1, 0.15) is 23.1 Å². The summed E-state index contributed by atoms with van der Waals surface area (Å²) in [5, 5.41) is 9.02. The molecule has 0 fully saturated rings. The molecule has 5 rings (SSSR count). The molecule has 2 aromatic heterocycles. The second-order valence-corrected chi connectivity index (χ2v) is 8.05. The molecule has 0 saturated heterocycles. The third-order valence-electron chi connectivity index (χ3n) is 5.80. The van der Waals surface area contributed by atoms with Crippen molar-refractivity contribution in [2.45, 2.75) is 33.4 Å². The minimum atomic E-state index is -0.325. The Bertz CT molecular complexity index is 1300. The minimum Gasteiger partial charge on any atom is -0.324 e. The highest BCUT2D eigenvalue weighted by molar-refractivity contribution is 6.30. The van der Waals surface area contributed by atoms with Crippen LogP contribution in [0.4, 0.5) is 5.69 Å². The van der Waals surface area contributed by atoms with E-state index in [-0.39, 0.29) is 11.9 Å². The van der Waals surface area contributed by atoms with E-state index in [0.29, 0.717) is 17.3 Å². The molecule has 0 bridgehead atoms. The quantitative estimate of drug-likeness (QED) is 0.498. The lowest BCUT2D eigenvalue weighted by molar-refractivity contribution is 0.0985. The fourth-order valence-corrected chi connectivity index (χ4v) is 4.51. The lowest BCUT2D eigenvalue weighted by Gasteiger charge is -2.26. The van der Waals surface area contributed by atoms with Crippen LogP contribution in [0.25, 0.3) is 11.0 Å². The van der Waals surface area contributed by atoms with Gasteiger partial charge in [0.15, 0.2) is 0 Å². The van der Waals surface area contributed by atoms with Crippen LogP contribution in [0.15, 0.2) is 36.4 Å². The summed E-state index contributed by atoms with van der Waals surface area (Å²) in [5.41, 5.74) is 5.88. The monoisotopic (exact) mass is 420 g/mol. The van der Waals surface area contributed by atoms with Crippen LogP contribution in [0.3, 0.4) is 0 Å². The summed E-state index contributed by atoms with van der Waals surface area (Å²) in [5.74, 6) is 0.790. The summed E-state index contributed by atoms with van der Waals surface area (Å²) in [4.78, 5) is 20.3. The molecule has 0 radical (unpaired) electrons. The molecule has 0 N–H and O–H groups in total. The molecule has 0 aliphatic carbocycles. The number of carbonyl (C=O) groups excluding carboxylic acids is 1. The molecule has 1 aliphatic heterocycles. The van der Waals surface area contributed by atoms with Gasteiger partial charge in [-0.2, -0.15) is 0 Å². The molecule has 1 aliphatic rings. The fourth-order valence-electron chi connectivity index (χ4n) is 4.38. The van der Waals surface area contributed by atoms with Gasteiger partial charge in [0.05, 0.1) is 11.2 Å². The number of fused-ring (bicyclic) bond motifs is 2. The Morgan fingerprint density at radius 3 is 2.57 bits per heavy atom. The van der Waals surface area contributed by atoms with Crippen LogP contribution in [0.1, 0.15) is 46.1 Å². The first kappa shape index (κ1) is 18.8. The van der Waals surface area contributed by atoms with Gasteiger partial charge in [-0.05, 0) is 56.2 Å². The first-order chi connectivity index (χ1) is 14.4. The van der Waals surface area contributed by atoms with Crippen LogP contribution < -0.4 is 4.90 Å². The van der Waals surface area contributed by atoms with Crippen LogP contribution in [0.5, 0.6) is 0 Å². The largest absolute Gasteiger partial charge is 0.324 e. The summed E-state index contributed by atoms with van der Waals surface area (Å²) >= 11 is 6.13. The highest BCUT2D eigenvalue weighted by Gasteiger charge is 2.43. The van der Waals surface area contributed by atoms with Gasteiger partial charge in [-0.25, -0.2) is 9.67 Å². The SMILES string of the molecule is CCn1c(C)nc2c1C(=O)N(c1cc(C)c3nnn(C)c3c1)C2c1ccc(Cl)cc1. The third kappa shape index (κ3) is 2.58. The number of carbonyl (C=O) groups is 1. The van der Waals surface area contributed by atoms with Crippen molar-refractivity contribution in [2.24, 2.45) is 7.05 Å². The van der Waals surface area contributed by atoms with Gasteiger partial charge in [0.25, 0.3) is 5.91 Å². The average molecular weight is 421 g/mol. The number of aryl methyl sites for hydroxylation is 3. The van der Waals surface area contributed by atoms with E-state index >= 15 is 0 Å². The van der Waals surface area contributed by atoms with E-state index in [2.05, 4.69) is 10.3 Å². The molecule has 1 atom stereocenters. The van der Waals surface area contributed by atoms with E-state index in [1.165, 1.54) is 0 Å². The topological polar surface area (TPSA) is 68.8 Å². The molecule has 1 amide bonds. The zero-order valence-electron chi connectivity index (χ0n) is 17.2. The van der Waals surface area contributed by atoms with Crippen molar-refractivity contribution in [3.8, 4) is 0 Å². The summed E-state index contributed by atoms with van der Waals surface area (Å²) in [7, 11) is 1.85. The minimum absolute atomic E-state index is 0.0544. The normalized spacial score (nSPS) is 16.0. The molecule has 4 aromatic rings. The summed E-state index contributed by atoms with van der Waals surface area (Å²) in [6, 6.07) is 11.3. The Balaban J connectivity index is 1.75. The molecule has 2 aromatic carbocycles. The Morgan fingerprint density at radius 1 is 1.13 bits per heavy atom. The number of imidazole rings is 1. The van der Waals surface area contributed by atoms with Crippen molar-refractivity contribution in [3.63, 3.8) is 0 Å². The summed E-state index contributed by atoms with van der Waals surface area (Å²) < 4.78 is 3.71. The van der Waals surface area contributed by atoms with Gasteiger partial charge >= 0.3 is 0 Å². The highest BCUT2D eigenvalue weighted by atomic mass is 35.5. The first-order valence-corrected chi connectivity index (χ1v) is 10.2. The van der Waals surface area contributed by atoms with Crippen LogP contribution >= 0.6 is 11.6 Å². The Kier molecular flexibility index (Phi) is 4.18. The van der Waals surface area contributed by atoms with Crippen molar-refractivity contribution in [2.75, 3.05) is 4.90 Å². The molecule has 0 spiro atoms. The van der Waals surface area contributed by atoms with Gasteiger partial charge in [0.2, 0.25) is 0 Å². The molecule has 7 nitrogen and oxygen atoms in total. The number of benzene rings is 2. The average Bonchev–Trinajstić information content (AvgIpc) is 3.34. The van der Waals surface area contributed by atoms with E-state index in [1.54, 1.807) is 4.68 Å². The molecule has 152 valence electrons. The van der Waals surface area contributed by atoms with Crippen LogP contribution in [0.2, 0.25) is 5.02 Å². The second kappa shape index (κ2) is 6.67. The van der Waals surface area contributed by atoms with Crippen molar-refractivity contribution in [3.05, 3.63) is 69.8 Å². The van der Waals surface area contributed by atoms with Gasteiger partial charge < -0.3 is 4.57 Å². The molecule has 8 heteroatoms. The molecular weight excluding hydrogens is 400 g/mol. The van der Waals surface area contributed by atoms with Crippen LogP contribution in [-0.2, 0) is 13.6 Å². The molecule has 1 unspecified atom stereocenters. The summed E-state index contributed by atoms with van der Waals surface area (Å²) in [6.45, 7) is 6.64. The highest BCUT2D eigenvalue weighted by Crippen LogP contribution is 2.42. The van der Waals surface area contributed by atoms with Gasteiger partial charge in [-0.15, -0.1) is 5.10 Å². The number of hydrogen-bond donors (Lipinski definition) is 0. The number of amides is 1. The maximum absolute atomic E-state index is 13.7. The lowest BCUT2D eigenvalue weighted by atomic mass is 10.0. The van der Waals surface area contributed by atoms with Gasteiger partial charge in [-0.3, -0.25) is 9.69 Å². The number of hydrogen-bond acceptors (Lipinski definition) is 4. The predicted octanol–water partition coefficient (Wildman–Crippen LogP) is 4.20. The molecule has 0 saturated carbocycles. The first-order valence-electron chi connectivity index (χ1n) is 9.86. The number of aromatic nitrogens is 5. The Hall–Kier alpha value is -3.19. The molecule has 3 heterocycles. The van der Waals surface area contributed by atoms with Gasteiger partial charge in [-0.1, -0.05) is 28.9 Å². The number of anilines is 1. The number of nitrogens with zero attached hydrogens (tertiary/aromatic N) is 6. The molecular formula is C22H21ClN6O. The Morgan fingerprint density at radius 2 is 1.87 bits per heavy atom. The smallest absolute Gasteiger partial charge is 0.277 e. The van der Waals surface area contributed by atoms with E-state index in [0.717, 1.165) is 39.4 Å². The van der Waals surface area contributed by atoms with Crippen molar-refractivity contribution < 1.29 is 4.79 Å². The van der Waals surface area contributed by atoms with Crippen LogP contribution in [-0.4, -0.2) is 30.5 Å². The van der Waals surface area contributed by atoms with E-state index < -0.39 is 0 Å². The second-order valence-electron chi connectivity index (χ2n) is 7.61. The van der Waals surface area contributed by atoms with E-state index in [4.69, 9.17) is 16.6 Å². The van der Waals surface area contributed by atoms with Gasteiger partial charge in [0, 0.05) is 24.3 Å². The van der Waals surface area contributed by atoms with E-state index in [1.807, 2.05) is 73.7 Å². The predicted molar refractivity (Wildman–Crippen MR) is 116 cm³/mol.